The van der Waals surface area contributed by atoms with Gasteiger partial charge in [-0.05, 0) is 28.5 Å². The fourth-order valence-electron chi connectivity index (χ4n) is 2.45. The maximum Gasteiger partial charge on any atom is 0.294 e. The number of hydrogen-bond acceptors (Lipinski definition) is 9. The Morgan fingerprint density at radius 2 is 1.70 bits per heavy atom. The molecule has 0 bridgehead atoms. The van der Waals surface area contributed by atoms with Crippen LogP contribution in [0.25, 0.3) is 10.8 Å². The molecule has 0 saturated heterocycles. The molecule has 164 valence electrons. The molecule has 0 aliphatic heterocycles. The summed E-state index contributed by atoms with van der Waals surface area (Å²) in [5, 5.41) is 20.2. The summed E-state index contributed by atoms with van der Waals surface area (Å²) in [5.41, 5.74) is 0.781. The lowest BCUT2D eigenvalue weighted by Crippen LogP contribution is -2.27. The van der Waals surface area contributed by atoms with E-state index in [1.807, 2.05) is 50.2 Å². The van der Waals surface area contributed by atoms with Crippen molar-refractivity contribution in [3.8, 4) is 5.75 Å². The number of carbonyl (C=O) groups excluding carboxylic acids is 1. The summed E-state index contributed by atoms with van der Waals surface area (Å²) in [6.45, 7) is 5.08. The van der Waals surface area contributed by atoms with Gasteiger partial charge in [0, 0.05) is 5.75 Å². The summed E-state index contributed by atoms with van der Waals surface area (Å²) in [6, 6.07) is 11.2. The summed E-state index contributed by atoms with van der Waals surface area (Å²) < 4.78 is 5.19. The maximum atomic E-state index is 12.5. The molecular weight excluding hydrogens is 416 g/mol. The molecular formula is C19H24N2O8S. The van der Waals surface area contributed by atoms with E-state index >= 15 is 0 Å². The van der Waals surface area contributed by atoms with Gasteiger partial charge < -0.3 is 14.4 Å². The highest BCUT2D eigenvalue weighted by Gasteiger charge is 2.21. The quantitative estimate of drug-likeness (QED) is 0.397. The zero-order chi connectivity index (χ0) is 22.7. The largest absolute Gasteiger partial charge is 0.497 e. The van der Waals surface area contributed by atoms with Gasteiger partial charge in [0.05, 0.1) is 13.0 Å². The number of fused-ring (bicyclic) bond motifs is 1. The second-order valence-corrected chi connectivity index (χ2v) is 6.82. The van der Waals surface area contributed by atoms with Crippen molar-refractivity contribution < 1.29 is 29.4 Å². The highest BCUT2D eigenvalue weighted by molar-refractivity contribution is 8.13. The number of hydrogen-bond donors (Lipinski definition) is 0. The van der Waals surface area contributed by atoms with Crippen molar-refractivity contribution >= 4 is 27.6 Å². The van der Waals surface area contributed by atoms with Crippen LogP contribution in [0.2, 0.25) is 0 Å². The van der Waals surface area contributed by atoms with Crippen LogP contribution in [0.5, 0.6) is 5.75 Å². The Bertz CT molecular complexity index is 877. The Morgan fingerprint density at radius 3 is 2.30 bits per heavy atom. The zero-order valence-corrected chi connectivity index (χ0v) is 17.9. The topological polar surface area (TPSA) is 131 Å². The van der Waals surface area contributed by atoms with Crippen LogP contribution in [-0.2, 0) is 14.5 Å². The SMILES string of the molecule is CC.COc1ccc2cc(C(C)C(=O)SCC(CO[N+](=O)[O-])O[N+](=O)[O-])ccc2c1. The molecule has 0 heterocycles. The van der Waals surface area contributed by atoms with Crippen molar-refractivity contribution in [1.29, 1.82) is 0 Å². The Kier molecular flexibility index (Phi) is 10.4. The summed E-state index contributed by atoms with van der Waals surface area (Å²) in [7, 11) is 1.58. The highest BCUT2D eigenvalue weighted by Crippen LogP contribution is 2.28. The van der Waals surface area contributed by atoms with Gasteiger partial charge in [-0.1, -0.05) is 56.8 Å². The molecule has 11 heteroatoms. The van der Waals surface area contributed by atoms with Gasteiger partial charge in [0.25, 0.3) is 10.2 Å². The molecule has 2 rings (SSSR count). The Hall–Kier alpha value is -3.08. The van der Waals surface area contributed by atoms with Gasteiger partial charge >= 0.3 is 0 Å². The van der Waals surface area contributed by atoms with Crippen molar-refractivity contribution in [2.75, 3.05) is 19.5 Å². The van der Waals surface area contributed by atoms with Crippen LogP contribution in [0.3, 0.4) is 0 Å². The lowest BCUT2D eigenvalue weighted by Gasteiger charge is -2.15. The van der Waals surface area contributed by atoms with E-state index in [9.17, 15) is 25.0 Å². The summed E-state index contributed by atoms with van der Waals surface area (Å²) in [5.74, 6) is 0.0980. The third-order valence-corrected chi connectivity index (χ3v) is 5.11. The fourth-order valence-corrected chi connectivity index (χ4v) is 3.34. The summed E-state index contributed by atoms with van der Waals surface area (Å²) >= 11 is 0.802. The molecule has 0 spiro atoms. The predicted molar refractivity (Wildman–Crippen MR) is 113 cm³/mol. The number of nitrogens with zero attached hydrogens (tertiary/aromatic N) is 2. The van der Waals surface area contributed by atoms with E-state index < -0.39 is 28.8 Å². The van der Waals surface area contributed by atoms with E-state index in [0.717, 1.165) is 33.8 Å². The van der Waals surface area contributed by atoms with Crippen molar-refractivity contribution in [1.82, 2.24) is 0 Å². The third kappa shape index (κ3) is 7.74. The predicted octanol–water partition coefficient (Wildman–Crippen LogP) is 4.02. The van der Waals surface area contributed by atoms with Gasteiger partial charge in [0.15, 0.2) is 5.12 Å². The van der Waals surface area contributed by atoms with Crippen LogP contribution in [0.4, 0.5) is 0 Å². The molecule has 2 unspecified atom stereocenters. The number of methoxy groups -OCH3 is 1. The maximum absolute atomic E-state index is 12.5. The number of benzene rings is 2. The molecule has 0 N–H and O–H groups in total. The molecule has 2 aromatic rings. The molecule has 10 nitrogen and oxygen atoms in total. The van der Waals surface area contributed by atoms with Gasteiger partial charge in [0.2, 0.25) is 0 Å². The Morgan fingerprint density at radius 1 is 1.07 bits per heavy atom. The van der Waals surface area contributed by atoms with Gasteiger partial charge in [-0.15, -0.1) is 20.2 Å². The lowest BCUT2D eigenvalue weighted by atomic mass is 9.99. The molecule has 0 aliphatic carbocycles. The molecule has 30 heavy (non-hydrogen) atoms. The van der Waals surface area contributed by atoms with Crippen LogP contribution >= 0.6 is 11.8 Å². The van der Waals surface area contributed by atoms with Gasteiger partial charge in [0.1, 0.15) is 18.5 Å². The molecule has 0 saturated carbocycles. The standard InChI is InChI=1S/C17H18N2O8S.C2H6/c1-11(12-3-4-14-8-15(25-2)6-5-13(14)7-12)17(20)28-10-16(27-19(23)24)9-26-18(21)22;1-2/h3-8,11,16H,9-10H2,1-2H3;1-2H3. The van der Waals surface area contributed by atoms with E-state index in [-0.39, 0.29) is 10.9 Å². The van der Waals surface area contributed by atoms with E-state index in [1.165, 1.54) is 0 Å². The van der Waals surface area contributed by atoms with Crippen molar-refractivity contribution in [3.05, 3.63) is 62.2 Å². The van der Waals surface area contributed by atoms with Crippen LogP contribution in [0, 0.1) is 20.2 Å². The van der Waals surface area contributed by atoms with Crippen molar-refractivity contribution in [2.24, 2.45) is 0 Å². The number of thioether (sulfide) groups is 1. The van der Waals surface area contributed by atoms with E-state index in [1.54, 1.807) is 14.0 Å². The average Bonchev–Trinajstić information content (AvgIpc) is 2.75. The zero-order valence-electron chi connectivity index (χ0n) is 17.1. The van der Waals surface area contributed by atoms with Gasteiger partial charge in [-0.25, -0.2) is 0 Å². The lowest BCUT2D eigenvalue weighted by molar-refractivity contribution is -0.788. The minimum atomic E-state index is -1.23. The Labute approximate surface area is 177 Å². The van der Waals surface area contributed by atoms with E-state index in [4.69, 9.17) is 4.74 Å². The first kappa shape index (κ1) is 25.0. The second kappa shape index (κ2) is 12.5. The molecule has 2 aromatic carbocycles. The third-order valence-electron chi connectivity index (χ3n) is 3.94. The van der Waals surface area contributed by atoms with Gasteiger partial charge in [-0.2, -0.15) is 0 Å². The molecule has 0 fully saturated rings. The van der Waals surface area contributed by atoms with Crippen LogP contribution in [0.15, 0.2) is 36.4 Å². The average molecular weight is 440 g/mol. The van der Waals surface area contributed by atoms with Crippen LogP contribution < -0.4 is 4.74 Å². The molecule has 0 aliphatic rings. The van der Waals surface area contributed by atoms with Crippen molar-refractivity contribution in [2.45, 2.75) is 32.8 Å². The highest BCUT2D eigenvalue weighted by atomic mass is 32.2. The van der Waals surface area contributed by atoms with E-state index in [2.05, 4.69) is 9.68 Å². The van der Waals surface area contributed by atoms with Gasteiger partial charge in [-0.3, -0.25) is 4.79 Å². The molecule has 2 atom stereocenters. The Balaban J connectivity index is 0.00000218. The minimum absolute atomic E-state index is 0.150. The smallest absolute Gasteiger partial charge is 0.294 e. The van der Waals surface area contributed by atoms with Crippen LogP contribution in [0.1, 0.15) is 32.3 Å². The first-order chi connectivity index (χ1) is 14.3. The summed E-state index contributed by atoms with van der Waals surface area (Å²) in [4.78, 5) is 41.6. The van der Waals surface area contributed by atoms with Crippen molar-refractivity contribution in [3.63, 3.8) is 0 Å². The van der Waals surface area contributed by atoms with Crippen LogP contribution in [-0.4, -0.2) is 40.9 Å². The number of carbonyl (C=O) groups is 1. The second-order valence-electron chi connectivity index (χ2n) is 5.79. The monoisotopic (exact) mass is 440 g/mol. The van der Waals surface area contributed by atoms with E-state index in [0.29, 0.717) is 0 Å². The first-order valence-corrected chi connectivity index (χ1v) is 10.1. The molecule has 0 amide bonds. The normalized spacial score (nSPS) is 12.1. The molecule has 0 aromatic heterocycles. The number of ether oxygens (including phenoxy) is 1. The molecule has 0 radical (unpaired) electrons. The first-order valence-electron chi connectivity index (χ1n) is 9.13. The fraction of sp³-hybridized carbons (Fsp3) is 0.421. The summed E-state index contributed by atoms with van der Waals surface area (Å²) in [6.07, 6.45) is -1.23. The number of rotatable bonds is 10. The minimum Gasteiger partial charge on any atom is -0.497 e.